The highest BCUT2D eigenvalue weighted by Gasteiger charge is 2.30. The monoisotopic (exact) mass is 338 g/mol. The van der Waals surface area contributed by atoms with E-state index in [4.69, 9.17) is 4.74 Å². The molecule has 1 aromatic carbocycles. The Bertz CT molecular complexity index is 656. The van der Waals surface area contributed by atoms with Crippen LogP contribution in [0, 0.1) is 5.92 Å². The molecule has 7 heteroatoms. The molecule has 1 unspecified atom stereocenters. The van der Waals surface area contributed by atoms with Gasteiger partial charge < -0.3 is 10.1 Å². The first-order chi connectivity index (χ1) is 10.9. The highest BCUT2D eigenvalue weighted by atomic mass is 32.2. The van der Waals surface area contributed by atoms with E-state index in [1.54, 1.807) is 0 Å². The van der Waals surface area contributed by atoms with Gasteiger partial charge in [-0.1, -0.05) is 18.2 Å². The number of fused-ring (bicyclic) bond motifs is 1. The van der Waals surface area contributed by atoms with Crippen LogP contribution >= 0.6 is 0 Å². The molecule has 0 bridgehead atoms. The van der Waals surface area contributed by atoms with Gasteiger partial charge in [0.2, 0.25) is 15.9 Å². The number of hydrogen-bond acceptors (Lipinski definition) is 4. The summed E-state index contributed by atoms with van der Waals surface area (Å²) in [5.41, 5.74) is 1.17. The standard InChI is InChI=1S/C16H22N2O4S/c1-23(20,21)18-8-6-12(7-9-18)16(19)17-11-14-10-13-4-2-3-5-15(13)22-14/h2-5,12,14H,6-11H2,1H3,(H,17,19). The third-order valence-corrected chi connectivity index (χ3v) is 5.81. The summed E-state index contributed by atoms with van der Waals surface area (Å²) >= 11 is 0. The Labute approximate surface area is 136 Å². The van der Waals surface area contributed by atoms with Gasteiger partial charge in [0.1, 0.15) is 11.9 Å². The summed E-state index contributed by atoms with van der Waals surface area (Å²) in [5, 5.41) is 2.95. The highest BCUT2D eigenvalue weighted by molar-refractivity contribution is 7.88. The van der Waals surface area contributed by atoms with Gasteiger partial charge >= 0.3 is 0 Å². The molecule has 0 radical (unpaired) electrons. The van der Waals surface area contributed by atoms with Crippen LogP contribution in [0.25, 0.3) is 0 Å². The number of amides is 1. The Hall–Kier alpha value is -1.60. The van der Waals surface area contributed by atoms with Crippen LogP contribution in [0.3, 0.4) is 0 Å². The van der Waals surface area contributed by atoms with Gasteiger partial charge in [-0.25, -0.2) is 12.7 Å². The summed E-state index contributed by atoms with van der Waals surface area (Å²) in [6, 6.07) is 7.91. The van der Waals surface area contributed by atoms with Crippen molar-refractivity contribution >= 4 is 15.9 Å². The maximum Gasteiger partial charge on any atom is 0.223 e. The molecule has 1 atom stereocenters. The van der Waals surface area contributed by atoms with Gasteiger partial charge in [-0.2, -0.15) is 0 Å². The maximum absolute atomic E-state index is 12.2. The lowest BCUT2D eigenvalue weighted by Crippen LogP contribution is -2.44. The van der Waals surface area contributed by atoms with Crippen LogP contribution in [0.1, 0.15) is 18.4 Å². The summed E-state index contributed by atoms with van der Waals surface area (Å²) < 4.78 is 30.2. The van der Waals surface area contributed by atoms with Crippen LogP contribution in [0.5, 0.6) is 5.75 Å². The molecule has 0 aromatic heterocycles. The van der Waals surface area contributed by atoms with Crippen LogP contribution in [0.15, 0.2) is 24.3 Å². The van der Waals surface area contributed by atoms with E-state index in [1.165, 1.54) is 16.1 Å². The van der Waals surface area contributed by atoms with Gasteiger partial charge in [0.15, 0.2) is 0 Å². The SMILES string of the molecule is CS(=O)(=O)N1CCC(C(=O)NCC2Cc3ccccc3O2)CC1. The first-order valence-electron chi connectivity index (χ1n) is 7.91. The van der Waals surface area contributed by atoms with Gasteiger partial charge in [-0.15, -0.1) is 0 Å². The fourth-order valence-electron chi connectivity index (χ4n) is 3.18. The van der Waals surface area contributed by atoms with Crippen molar-refractivity contribution in [2.45, 2.75) is 25.4 Å². The molecule has 1 amide bonds. The van der Waals surface area contributed by atoms with Crippen LogP contribution < -0.4 is 10.1 Å². The van der Waals surface area contributed by atoms with Gasteiger partial charge in [0.25, 0.3) is 0 Å². The van der Waals surface area contributed by atoms with Crippen molar-refractivity contribution in [3.05, 3.63) is 29.8 Å². The first kappa shape index (κ1) is 16.3. The predicted molar refractivity (Wildman–Crippen MR) is 86.7 cm³/mol. The summed E-state index contributed by atoms with van der Waals surface area (Å²) in [6.45, 7) is 1.32. The minimum atomic E-state index is -3.15. The normalized spacial score (nSPS) is 22.4. The molecule has 23 heavy (non-hydrogen) atoms. The van der Waals surface area contributed by atoms with Crippen LogP contribution in [-0.4, -0.2) is 50.6 Å². The molecule has 3 rings (SSSR count). The molecule has 1 aromatic rings. The van der Waals surface area contributed by atoms with Crippen molar-refractivity contribution in [3.8, 4) is 5.75 Å². The predicted octanol–water partition coefficient (Wildman–Crippen LogP) is 0.778. The second kappa shape index (κ2) is 6.49. The van der Waals surface area contributed by atoms with E-state index >= 15 is 0 Å². The maximum atomic E-state index is 12.2. The molecule has 1 saturated heterocycles. The molecule has 0 saturated carbocycles. The summed E-state index contributed by atoms with van der Waals surface area (Å²) in [5.74, 6) is 0.780. The lowest BCUT2D eigenvalue weighted by molar-refractivity contribution is -0.126. The number of ether oxygens (including phenoxy) is 1. The van der Waals surface area contributed by atoms with Gasteiger partial charge in [0.05, 0.1) is 12.8 Å². The molecule has 6 nitrogen and oxygen atoms in total. The molecular weight excluding hydrogens is 316 g/mol. The minimum Gasteiger partial charge on any atom is -0.488 e. The number of sulfonamides is 1. The zero-order valence-electron chi connectivity index (χ0n) is 13.2. The number of rotatable bonds is 4. The van der Waals surface area contributed by atoms with Crippen molar-refractivity contribution in [2.75, 3.05) is 25.9 Å². The Morgan fingerprint density at radius 2 is 2.00 bits per heavy atom. The molecule has 0 aliphatic carbocycles. The topological polar surface area (TPSA) is 75.7 Å². The van der Waals surface area contributed by atoms with Gasteiger partial charge in [-0.3, -0.25) is 4.79 Å². The quantitative estimate of drug-likeness (QED) is 0.880. The lowest BCUT2D eigenvalue weighted by atomic mass is 9.97. The van der Waals surface area contributed by atoms with Gasteiger partial charge in [0, 0.05) is 25.4 Å². The van der Waals surface area contributed by atoms with E-state index in [2.05, 4.69) is 5.32 Å². The Morgan fingerprint density at radius 1 is 1.30 bits per heavy atom. The van der Waals surface area contributed by atoms with Crippen molar-refractivity contribution < 1.29 is 17.9 Å². The number of nitrogens with zero attached hydrogens (tertiary/aromatic N) is 1. The Morgan fingerprint density at radius 3 is 2.65 bits per heavy atom. The molecule has 126 valence electrons. The average molecular weight is 338 g/mol. The van der Waals surface area contributed by atoms with Crippen LogP contribution in [0.2, 0.25) is 0 Å². The van der Waals surface area contributed by atoms with E-state index in [-0.39, 0.29) is 17.9 Å². The molecule has 2 aliphatic rings. The number of hydrogen-bond donors (Lipinski definition) is 1. The minimum absolute atomic E-state index is 0.00212. The van der Waals surface area contributed by atoms with E-state index < -0.39 is 10.0 Å². The zero-order chi connectivity index (χ0) is 16.4. The van der Waals surface area contributed by atoms with Crippen molar-refractivity contribution in [2.24, 2.45) is 5.92 Å². The van der Waals surface area contributed by atoms with Gasteiger partial charge in [-0.05, 0) is 24.5 Å². The molecule has 1 N–H and O–H groups in total. The Kier molecular flexibility index (Phi) is 4.59. The van der Waals surface area contributed by atoms with Crippen LogP contribution in [0.4, 0.5) is 0 Å². The molecule has 2 aliphatic heterocycles. The number of nitrogens with one attached hydrogen (secondary N) is 1. The third kappa shape index (κ3) is 3.84. The van der Waals surface area contributed by atoms with Crippen LogP contribution in [-0.2, 0) is 21.2 Å². The largest absolute Gasteiger partial charge is 0.488 e. The summed E-state index contributed by atoms with van der Waals surface area (Å²) in [7, 11) is -3.15. The zero-order valence-corrected chi connectivity index (χ0v) is 14.0. The number of benzene rings is 1. The fourth-order valence-corrected chi connectivity index (χ4v) is 4.05. The van der Waals surface area contributed by atoms with E-state index in [1.807, 2.05) is 24.3 Å². The summed E-state index contributed by atoms with van der Waals surface area (Å²) in [6.07, 6.45) is 3.15. The average Bonchev–Trinajstić information content (AvgIpc) is 2.95. The van der Waals surface area contributed by atoms with Crippen molar-refractivity contribution in [1.82, 2.24) is 9.62 Å². The fraction of sp³-hybridized carbons (Fsp3) is 0.562. The number of carbonyl (C=O) groups excluding carboxylic acids is 1. The number of carbonyl (C=O) groups is 1. The second-order valence-corrected chi connectivity index (χ2v) is 8.22. The van der Waals surface area contributed by atoms with E-state index in [0.29, 0.717) is 32.5 Å². The van der Waals surface area contributed by atoms with Crippen molar-refractivity contribution in [3.63, 3.8) is 0 Å². The van der Waals surface area contributed by atoms with E-state index in [9.17, 15) is 13.2 Å². The molecule has 1 fully saturated rings. The number of para-hydroxylation sites is 1. The molecular formula is C16H22N2O4S. The number of piperidine rings is 1. The summed E-state index contributed by atoms with van der Waals surface area (Å²) in [4.78, 5) is 12.2. The Balaban J connectivity index is 1.45. The first-order valence-corrected chi connectivity index (χ1v) is 9.75. The lowest BCUT2D eigenvalue weighted by Gasteiger charge is -2.29. The smallest absolute Gasteiger partial charge is 0.223 e. The van der Waals surface area contributed by atoms with Crippen molar-refractivity contribution in [1.29, 1.82) is 0 Å². The highest BCUT2D eigenvalue weighted by Crippen LogP contribution is 2.28. The third-order valence-electron chi connectivity index (χ3n) is 4.51. The van der Waals surface area contributed by atoms with E-state index in [0.717, 1.165) is 12.2 Å². The second-order valence-electron chi connectivity index (χ2n) is 6.23. The molecule has 0 spiro atoms. The molecule has 2 heterocycles.